The number of carbonyl (C=O) groups excluding carboxylic acids is 1. The summed E-state index contributed by atoms with van der Waals surface area (Å²) in [6.07, 6.45) is 0.696. The molecule has 7 nitrogen and oxygen atoms in total. The lowest BCUT2D eigenvalue weighted by Gasteiger charge is -2.08. The van der Waals surface area contributed by atoms with E-state index in [0.29, 0.717) is 25.1 Å². The summed E-state index contributed by atoms with van der Waals surface area (Å²) in [4.78, 5) is 26.8. The molecule has 124 valence electrons. The van der Waals surface area contributed by atoms with E-state index < -0.39 is 0 Å². The molecule has 2 N–H and O–H groups in total. The van der Waals surface area contributed by atoms with Gasteiger partial charge in [-0.15, -0.1) is 5.10 Å². The first kappa shape index (κ1) is 15.9. The standard InChI is InChI=1S/C17H19N5O2/c1-11-10-12(2)19-17(24)15(11)16(23)18-8-5-9-22-14-7-4-3-6-13(14)20-21-22/h3-4,6-7,10H,5,8-9H2,1-2H3,(H,18,23)(H,19,24). The predicted octanol–water partition coefficient (Wildman–Crippen LogP) is 1.56. The molecule has 3 aromatic rings. The molecule has 0 radical (unpaired) electrons. The summed E-state index contributed by atoms with van der Waals surface area (Å²) in [6.45, 7) is 4.65. The van der Waals surface area contributed by atoms with E-state index in [1.807, 2.05) is 28.9 Å². The maximum absolute atomic E-state index is 12.2. The summed E-state index contributed by atoms with van der Waals surface area (Å²) < 4.78 is 1.81. The SMILES string of the molecule is Cc1cc(C)c(C(=O)NCCCn2nnc3ccccc32)c(=O)[nH]1. The highest BCUT2D eigenvalue weighted by atomic mass is 16.2. The number of pyridine rings is 1. The Morgan fingerprint density at radius 3 is 2.88 bits per heavy atom. The number of amides is 1. The molecule has 0 aliphatic carbocycles. The molecule has 0 spiro atoms. The summed E-state index contributed by atoms with van der Waals surface area (Å²) >= 11 is 0. The van der Waals surface area contributed by atoms with Crippen LogP contribution in [0, 0.1) is 13.8 Å². The second-order valence-corrected chi connectivity index (χ2v) is 5.75. The Balaban J connectivity index is 1.59. The second kappa shape index (κ2) is 6.66. The van der Waals surface area contributed by atoms with E-state index in [1.54, 1.807) is 19.9 Å². The molecule has 2 heterocycles. The van der Waals surface area contributed by atoms with Crippen LogP contribution in [-0.4, -0.2) is 32.4 Å². The molecule has 0 saturated carbocycles. The first-order chi connectivity index (χ1) is 11.6. The van der Waals surface area contributed by atoms with Crippen molar-refractivity contribution in [3.05, 3.63) is 57.5 Å². The Morgan fingerprint density at radius 2 is 2.08 bits per heavy atom. The number of H-pyrrole nitrogens is 1. The molecule has 3 rings (SSSR count). The number of aryl methyl sites for hydroxylation is 3. The third kappa shape index (κ3) is 3.19. The summed E-state index contributed by atoms with van der Waals surface area (Å²) in [5.74, 6) is -0.350. The zero-order valence-corrected chi connectivity index (χ0v) is 13.7. The molecule has 7 heteroatoms. The quantitative estimate of drug-likeness (QED) is 0.696. The van der Waals surface area contributed by atoms with Crippen molar-refractivity contribution in [3.63, 3.8) is 0 Å². The number of aromatic amines is 1. The topological polar surface area (TPSA) is 92.7 Å². The van der Waals surface area contributed by atoms with Crippen molar-refractivity contribution < 1.29 is 4.79 Å². The monoisotopic (exact) mass is 325 g/mol. The van der Waals surface area contributed by atoms with Gasteiger partial charge >= 0.3 is 0 Å². The van der Waals surface area contributed by atoms with Crippen molar-refractivity contribution in [2.24, 2.45) is 0 Å². The number of nitrogens with one attached hydrogen (secondary N) is 2. The lowest BCUT2D eigenvalue weighted by Crippen LogP contribution is -2.32. The molecule has 0 fully saturated rings. The van der Waals surface area contributed by atoms with Crippen LogP contribution in [0.3, 0.4) is 0 Å². The van der Waals surface area contributed by atoms with E-state index in [1.165, 1.54) is 0 Å². The highest BCUT2D eigenvalue weighted by Gasteiger charge is 2.13. The molecule has 2 aromatic heterocycles. The Bertz CT molecular complexity index is 942. The van der Waals surface area contributed by atoms with Crippen LogP contribution in [0.5, 0.6) is 0 Å². The number of rotatable bonds is 5. The van der Waals surface area contributed by atoms with Crippen molar-refractivity contribution in [3.8, 4) is 0 Å². The van der Waals surface area contributed by atoms with Gasteiger partial charge in [0, 0.05) is 18.8 Å². The minimum atomic E-state index is -0.354. The van der Waals surface area contributed by atoms with Crippen LogP contribution in [0.2, 0.25) is 0 Å². The van der Waals surface area contributed by atoms with Crippen LogP contribution in [0.4, 0.5) is 0 Å². The molecular weight excluding hydrogens is 306 g/mol. The van der Waals surface area contributed by atoms with E-state index in [-0.39, 0.29) is 17.0 Å². The molecular formula is C17H19N5O2. The average Bonchev–Trinajstić information content (AvgIpc) is 2.94. The average molecular weight is 325 g/mol. The van der Waals surface area contributed by atoms with Crippen molar-refractivity contribution in [2.45, 2.75) is 26.8 Å². The number of benzene rings is 1. The Kier molecular flexibility index (Phi) is 4.41. The van der Waals surface area contributed by atoms with E-state index in [2.05, 4.69) is 20.6 Å². The minimum Gasteiger partial charge on any atom is -0.352 e. The van der Waals surface area contributed by atoms with E-state index >= 15 is 0 Å². The first-order valence-electron chi connectivity index (χ1n) is 7.83. The lowest BCUT2D eigenvalue weighted by molar-refractivity contribution is 0.0950. The van der Waals surface area contributed by atoms with Gasteiger partial charge in [-0.3, -0.25) is 9.59 Å². The highest BCUT2D eigenvalue weighted by Crippen LogP contribution is 2.09. The first-order valence-corrected chi connectivity index (χ1v) is 7.83. The van der Waals surface area contributed by atoms with Crippen molar-refractivity contribution in [1.29, 1.82) is 0 Å². The molecule has 0 saturated heterocycles. The van der Waals surface area contributed by atoms with Gasteiger partial charge in [0.1, 0.15) is 11.1 Å². The van der Waals surface area contributed by atoms with Crippen LogP contribution in [0.1, 0.15) is 28.0 Å². The Hall–Kier alpha value is -2.96. The van der Waals surface area contributed by atoms with Gasteiger partial charge in [0.15, 0.2) is 0 Å². The molecule has 0 atom stereocenters. The number of aromatic nitrogens is 4. The normalized spacial score (nSPS) is 10.9. The van der Waals surface area contributed by atoms with Gasteiger partial charge in [0.2, 0.25) is 0 Å². The Morgan fingerprint density at radius 1 is 1.29 bits per heavy atom. The van der Waals surface area contributed by atoms with Gasteiger partial charge in [-0.1, -0.05) is 17.3 Å². The number of para-hydroxylation sites is 1. The fraction of sp³-hybridized carbons (Fsp3) is 0.294. The van der Waals surface area contributed by atoms with Gasteiger partial charge < -0.3 is 10.3 Å². The van der Waals surface area contributed by atoms with Crippen LogP contribution in [0.15, 0.2) is 35.1 Å². The zero-order chi connectivity index (χ0) is 17.1. The minimum absolute atomic E-state index is 0.173. The molecule has 1 aromatic carbocycles. The zero-order valence-electron chi connectivity index (χ0n) is 13.7. The van der Waals surface area contributed by atoms with Crippen LogP contribution in [0.25, 0.3) is 11.0 Å². The largest absolute Gasteiger partial charge is 0.352 e. The maximum atomic E-state index is 12.2. The highest BCUT2D eigenvalue weighted by molar-refractivity contribution is 5.95. The smallest absolute Gasteiger partial charge is 0.261 e. The maximum Gasteiger partial charge on any atom is 0.261 e. The van der Waals surface area contributed by atoms with Crippen LogP contribution in [-0.2, 0) is 6.54 Å². The molecule has 0 unspecified atom stereocenters. The second-order valence-electron chi connectivity index (χ2n) is 5.75. The van der Waals surface area contributed by atoms with Crippen molar-refractivity contribution in [1.82, 2.24) is 25.3 Å². The van der Waals surface area contributed by atoms with Crippen LogP contribution >= 0.6 is 0 Å². The van der Waals surface area contributed by atoms with Gasteiger partial charge in [-0.25, -0.2) is 4.68 Å². The summed E-state index contributed by atoms with van der Waals surface area (Å²) in [5.41, 5.74) is 3.06. The molecule has 24 heavy (non-hydrogen) atoms. The Labute approximate surface area is 138 Å². The lowest BCUT2D eigenvalue weighted by atomic mass is 10.1. The van der Waals surface area contributed by atoms with Gasteiger partial charge in [0.25, 0.3) is 11.5 Å². The summed E-state index contributed by atoms with van der Waals surface area (Å²) in [7, 11) is 0. The molecule has 0 bridgehead atoms. The van der Waals surface area contributed by atoms with Crippen LogP contribution < -0.4 is 10.9 Å². The molecule has 0 aliphatic heterocycles. The van der Waals surface area contributed by atoms with E-state index in [0.717, 1.165) is 16.7 Å². The van der Waals surface area contributed by atoms with E-state index in [4.69, 9.17) is 0 Å². The van der Waals surface area contributed by atoms with E-state index in [9.17, 15) is 9.59 Å². The number of hydrogen-bond acceptors (Lipinski definition) is 4. The number of carbonyl (C=O) groups is 1. The third-order valence-electron chi connectivity index (χ3n) is 3.84. The summed E-state index contributed by atoms with van der Waals surface area (Å²) in [6, 6.07) is 9.52. The molecule has 0 aliphatic rings. The van der Waals surface area contributed by atoms with Crippen molar-refractivity contribution >= 4 is 16.9 Å². The van der Waals surface area contributed by atoms with Gasteiger partial charge in [0.05, 0.1) is 5.52 Å². The number of hydrogen-bond donors (Lipinski definition) is 2. The summed E-state index contributed by atoms with van der Waals surface area (Å²) in [5, 5.41) is 11.0. The fourth-order valence-electron chi connectivity index (χ4n) is 2.74. The van der Waals surface area contributed by atoms with Crippen molar-refractivity contribution in [2.75, 3.05) is 6.54 Å². The fourth-order valence-corrected chi connectivity index (χ4v) is 2.74. The number of nitrogens with zero attached hydrogens (tertiary/aromatic N) is 3. The van der Waals surface area contributed by atoms with Gasteiger partial charge in [-0.05, 0) is 44.0 Å². The predicted molar refractivity (Wildman–Crippen MR) is 91.0 cm³/mol. The van der Waals surface area contributed by atoms with Gasteiger partial charge in [-0.2, -0.15) is 0 Å². The number of fused-ring (bicyclic) bond motifs is 1. The third-order valence-corrected chi connectivity index (χ3v) is 3.84. The molecule has 1 amide bonds.